The van der Waals surface area contributed by atoms with Crippen molar-refractivity contribution >= 4 is 11.7 Å². The zero-order valence-corrected chi connectivity index (χ0v) is 16.6. The Morgan fingerprint density at radius 1 is 0.966 bits per heavy atom. The fourth-order valence-corrected chi connectivity index (χ4v) is 3.32. The van der Waals surface area contributed by atoms with Crippen molar-refractivity contribution in [3.63, 3.8) is 0 Å². The first-order chi connectivity index (χ1) is 14.1. The monoisotopic (exact) mass is 392 g/mol. The predicted octanol–water partition coefficient (Wildman–Crippen LogP) is 2.09. The molecule has 1 atom stereocenters. The Labute approximate surface area is 169 Å². The van der Waals surface area contributed by atoms with Crippen LogP contribution < -0.4 is 9.64 Å². The van der Waals surface area contributed by atoms with Gasteiger partial charge >= 0.3 is 0 Å². The normalized spacial score (nSPS) is 15.2. The van der Waals surface area contributed by atoms with Gasteiger partial charge in [0.05, 0.1) is 5.69 Å². The molecule has 8 heteroatoms. The van der Waals surface area contributed by atoms with Crippen molar-refractivity contribution in [3.05, 3.63) is 60.4 Å². The maximum atomic E-state index is 12.7. The third-order valence-corrected chi connectivity index (χ3v) is 4.91. The van der Waals surface area contributed by atoms with Crippen molar-refractivity contribution < 1.29 is 9.53 Å². The second-order valence-electron chi connectivity index (χ2n) is 7.04. The first-order valence-corrected chi connectivity index (χ1v) is 9.72. The Kier molecular flexibility index (Phi) is 5.41. The summed E-state index contributed by atoms with van der Waals surface area (Å²) in [5, 5.41) is 13.0. The van der Waals surface area contributed by atoms with E-state index in [0.29, 0.717) is 37.7 Å². The molecular formula is C21H24N6O2. The van der Waals surface area contributed by atoms with E-state index < -0.39 is 6.10 Å². The van der Waals surface area contributed by atoms with Crippen LogP contribution >= 0.6 is 0 Å². The summed E-state index contributed by atoms with van der Waals surface area (Å²) in [6, 6.07) is 15.2. The summed E-state index contributed by atoms with van der Waals surface area (Å²) >= 11 is 0. The highest BCUT2D eigenvalue weighted by Gasteiger charge is 2.26. The lowest BCUT2D eigenvalue weighted by molar-refractivity contribution is -0.138. The van der Waals surface area contributed by atoms with Crippen LogP contribution in [0.25, 0.3) is 5.82 Å². The van der Waals surface area contributed by atoms with Crippen molar-refractivity contribution in [1.82, 2.24) is 24.9 Å². The molecule has 1 saturated heterocycles. The zero-order chi connectivity index (χ0) is 20.2. The van der Waals surface area contributed by atoms with Gasteiger partial charge in [0.2, 0.25) is 0 Å². The van der Waals surface area contributed by atoms with E-state index in [9.17, 15) is 4.79 Å². The summed E-state index contributed by atoms with van der Waals surface area (Å²) in [5.41, 5.74) is 0.933. The first kappa shape index (κ1) is 18.9. The number of anilines is 1. The number of para-hydroxylation sites is 1. The van der Waals surface area contributed by atoms with Crippen LogP contribution in [0.4, 0.5) is 5.82 Å². The molecule has 0 aliphatic carbocycles. The molecule has 1 amide bonds. The highest BCUT2D eigenvalue weighted by Crippen LogP contribution is 2.16. The fraction of sp³-hybridized carbons (Fsp3) is 0.333. The minimum absolute atomic E-state index is 0.00369. The van der Waals surface area contributed by atoms with E-state index in [1.807, 2.05) is 66.6 Å². The standard InChI is InChI=1S/C21H24N6O2/c1-16-10-11-27(24-16)20-9-8-19(22-23-20)25-12-14-26(15-13-25)21(28)17(2)29-18-6-4-3-5-7-18/h3-11,17H,12-15H2,1-2H3. The van der Waals surface area contributed by atoms with Crippen molar-refractivity contribution in [2.45, 2.75) is 20.0 Å². The molecule has 1 fully saturated rings. The van der Waals surface area contributed by atoms with Crippen LogP contribution in [-0.2, 0) is 4.79 Å². The molecule has 1 aliphatic rings. The highest BCUT2D eigenvalue weighted by atomic mass is 16.5. The molecule has 1 aliphatic heterocycles. The highest BCUT2D eigenvalue weighted by molar-refractivity contribution is 5.81. The van der Waals surface area contributed by atoms with Crippen LogP contribution in [0.3, 0.4) is 0 Å². The van der Waals surface area contributed by atoms with Gasteiger partial charge < -0.3 is 14.5 Å². The van der Waals surface area contributed by atoms with Gasteiger partial charge in [0, 0.05) is 32.4 Å². The SMILES string of the molecule is Cc1ccn(-c2ccc(N3CCN(C(=O)C(C)Oc4ccccc4)CC3)nn2)n1. The van der Waals surface area contributed by atoms with E-state index in [2.05, 4.69) is 20.2 Å². The lowest BCUT2D eigenvalue weighted by Crippen LogP contribution is -2.52. The van der Waals surface area contributed by atoms with Gasteiger partial charge in [-0.1, -0.05) is 18.2 Å². The Balaban J connectivity index is 1.32. The summed E-state index contributed by atoms with van der Waals surface area (Å²) in [7, 11) is 0. The van der Waals surface area contributed by atoms with Gasteiger partial charge in [-0.3, -0.25) is 4.79 Å². The topological polar surface area (TPSA) is 76.4 Å². The molecule has 3 aromatic rings. The Hall–Kier alpha value is -3.42. The van der Waals surface area contributed by atoms with Crippen LogP contribution in [0, 0.1) is 6.92 Å². The molecule has 0 N–H and O–H groups in total. The molecule has 1 aromatic carbocycles. The number of amides is 1. The Bertz CT molecular complexity index is 949. The Morgan fingerprint density at radius 2 is 1.66 bits per heavy atom. The van der Waals surface area contributed by atoms with E-state index in [4.69, 9.17) is 4.74 Å². The number of rotatable bonds is 5. The molecule has 1 unspecified atom stereocenters. The van der Waals surface area contributed by atoms with Crippen molar-refractivity contribution in [2.75, 3.05) is 31.1 Å². The average molecular weight is 392 g/mol. The van der Waals surface area contributed by atoms with Gasteiger partial charge in [-0.25, -0.2) is 4.68 Å². The number of aromatic nitrogens is 4. The number of nitrogens with zero attached hydrogens (tertiary/aromatic N) is 6. The number of hydrogen-bond acceptors (Lipinski definition) is 6. The molecular weight excluding hydrogens is 368 g/mol. The number of aryl methyl sites for hydroxylation is 1. The first-order valence-electron chi connectivity index (χ1n) is 9.72. The van der Waals surface area contributed by atoms with Crippen molar-refractivity contribution in [3.8, 4) is 11.6 Å². The number of carbonyl (C=O) groups excluding carboxylic acids is 1. The summed E-state index contributed by atoms with van der Waals surface area (Å²) < 4.78 is 7.47. The molecule has 0 saturated carbocycles. The number of benzene rings is 1. The minimum atomic E-state index is -0.513. The van der Waals surface area contributed by atoms with Crippen LogP contribution in [-0.4, -0.2) is 63.1 Å². The van der Waals surface area contributed by atoms with E-state index in [-0.39, 0.29) is 5.91 Å². The quantitative estimate of drug-likeness (QED) is 0.662. The molecule has 3 heterocycles. The van der Waals surface area contributed by atoms with Crippen molar-refractivity contribution in [2.24, 2.45) is 0 Å². The van der Waals surface area contributed by atoms with E-state index in [0.717, 1.165) is 11.5 Å². The smallest absolute Gasteiger partial charge is 0.263 e. The van der Waals surface area contributed by atoms with Gasteiger partial charge in [-0.2, -0.15) is 5.10 Å². The lowest BCUT2D eigenvalue weighted by atomic mass is 10.2. The number of ether oxygens (including phenoxy) is 1. The maximum Gasteiger partial charge on any atom is 0.263 e. The summed E-state index contributed by atoms with van der Waals surface area (Å²) in [6.07, 6.45) is 1.35. The Morgan fingerprint density at radius 3 is 2.28 bits per heavy atom. The molecule has 0 bridgehead atoms. The van der Waals surface area contributed by atoms with E-state index >= 15 is 0 Å². The summed E-state index contributed by atoms with van der Waals surface area (Å²) in [5.74, 6) is 2.19. The van der Waals surface area contributed by atoms with Crippen molar-refractivity contribution in [1.29, 1.82) is 0 Å². The van der Waals surface area contributed by atoms with Gasteiger partial charge in [-0.15, -0.1) is 10.2 Å². The van der Waals surface area contributed by atoms with Gasteiger partial charge in [-0.05, 0) is 44.2 Å². The van der Waals surface area contributed by atoms with E-state index in [1.165, 1.54) is 0 Å². The second kappa shape index (κ2) is 8.30. The lowest BCUT2D eigenvalue weighted by Gasteiger charge is -2.36. The number of hydrogen-bond donors (Lipinski definition) is 0. The predicted molar refractivity (Wildman–Crippen MR) is 109 cm³/mol. The van der Waals surface area contributed by atoms with Gasteiger partial charge in [0.25, 0.3) is 5.91 Å². The van der Waals surface area contributed by atoms with Crippen LogP contribution in [0.1, 0.15) is 12.6 Å². The van der Waals surface area contributed by atoms with Crippen LogP contribution in [0.15, 0.2) is 54.7 Å². The second-order valence-corrected chi connectivity index (χ2v) is 7.04. The van der Waals surface area contributed by atoms with Gasteiger partial charge in [0.1, 0.15) is 5.75 Å². The molecule has 0 spiro atoms. The third kappa shape index (κ3) is 4.37. The molecule has 2 aromatic heterocycles. The maximum absolute atomic E-state index is 12.7. The average Bonchev–Trinajstić information content (AvgIpc) is 3.20. The third-order valence-electron chi connectivity index (χ3n) is 4.91. The zero-order valence-electron chi connectivity index (χ0n) is 16.6. The van der Waals surface area contributed by atoms with E-state index in [1.54, 1.807) is 11.6 Å². The summed E-state index contributed by atoms with van der Waals surface area (Å²) in [4.78, 5) is 16.7. The van der Waals surface area contributed by atoms with Crippen LogP contribution in [0.5, 0.6) is 5.75 Å². The molecule has 29 heavy (non-hydrogen) atoms. The fourth-order valence-electron chi connectivity index (χ4n) is 3.32. The largest absolute Gasteiger partial charge is 0.481 e. The summed E-state index contributed by atoms with van der Waals surface area (Å²) in [6.45, 7) is 6.40. The number of carbonyl (C=O) groups is 1. The molecule has 0 radical (unpaired) electrons. The molecule has 8 nitrogen and oxygen atoms in total. The molecule has 4 rings (SSSR count). The minimum Gasteiger partial charge on any atom is -0.481 e. The number of piperazine rings is 1. The molecule has 150 valence electrons. The van der Waals surface area contributed by atoms with Gasteiger partial charge in [0.15, 0.2) is 17.7 Å². The van der Waals surface area contributed by atoms with Crippen LogP contribution in [0.2, 0.25) is 0 Å².